The van der Waals surface area contributed by atoms with Crippen molar-refractivity contribution in [2.45, 2.75) is 74.2 Å². The van der Waals surface area contributed by atoms with Crippen molar-refractivity contribution in [3.05, 3.63) is 83.2 Å². The van der Waals surface area contributed by atoms with Crippen molar-refractivity contribution in [1.29, 1.82) is 0 Å². The first kappa shape index (κ1) is 25.9. The molecule has 5 rings (SSSR count). The van der Waals surface area contributed by atoms with Crippen LogP contribution < -0.4 is 5.32 Å². The van der Waals surface area contributed by atoms with Crippen molar-refractivity contribution in [2.75, 3.05) is 7.05 Å². The number of thioether (sulfide) groups is 1. The van der Waals surface area contributed by atoms with Crippen LogP contribution in [-0.2, 0) is 11.3 Å². The molecule has 1 aliphatic carbocycles. The van der Waals surface area contributed by atoms with E-state index in [1.54, 1.807) is 12.4 Å². The fourth-order valence-electron chi connectivity index (χ4n) is 5.71. The Bertz CT molecular complexity index is 1280. The van der Waals surface area contributed by atoms with Crippen LogP contribution in [0.1, 0.15) is 55.2 Å². The zero-order chi connectivity index (χ0) is 26.1. The van der Waals surface area contributed by atoms with E-state index in [-0.39, 0.29) is 16.8 Å². The normalized spacial score (nSPS) is 23.1. The first-order valence-corrected chi connectivity index (χ1v) is 13.9. The average Bonchev–Trinajstić information content (AvgIpc) is 3.29. The van der Waals surface area contributed by atoms with E-state index in [0.717, 1.165) is 54.0 Å². The topological polar surface area (TPSA) is 45.2 Å². The van der Waals surface area contributed by atoms with Crippen LogP contribution >= 0.6 is 11.8 Å². The minimum absolute atomic E-state index is 0.0332. The molecule has 0 saturated heterocycles. The molecular formula is C30H33F2N3OS. The lowest BCUT2D eigenvalue weighted by atomic mass is 9.88. The van der Waals surface area contributed by atoms with Crippen molar-refractivity contribution in [1.82, 2.24) is 15.2 Å². The van der Waals surface area contributed by atoms with E-state index in [2.05, 4.69) is 35.4 Å². The quantitative estimate of drug-likeness (QED) is 0.404. The summed E-state index contributed by atoms with van der Waals surface area (Å²) in [7, 11) is 1.99. The first-order valence-electron chi connectivity index (χ1n) is 13.0. The summed E-state index contributed by atoms with van der Waals surface area (Å²) in [4.78, 5) is 20.6. The van der Waals surface area contributed by atoms with Gasteiger partial charge in [-0.3, -0.25) is 9.78 Å². The van der Waals surface area contributed by atoms with Gasteiger partial charge in [0.1, 0.15) is 11.6 Å². The van der Waals surface area contributed by atoms with Gasteiger partial charge in [-0.1, -0.05) is 19.1 Å². The highest BCUT2D eigenvalue weighted by Gasteiger charge is 2.42. The van der Waals surface area contributed by atoms with Gasteiger partial charge in [-0.2, -0.15) is 0 Å². The van der Waals surface area contributed by atoms with Crippen molar-refractivity contribution in [3.8, 4) is 11.1 Å². The summed E-state index contributed by atoms with van der Waals surface area (Å²) in [6, 6.07) is 13.2. The van der Waals surface area contributed by atoms with E-state index in [0.29, 0.717) is 18.2 Å². The molecule has 0 spiro atoms. The largest absolute Gasteiger partial charge is 0.334 e. The second-order valence-electron chi connectivity index (χ2n) is 10.2. The van der Waals surface area contributed by atoms with Crippen LogP contribution in [0.25, 0.3) is 11.1 Å². The maximum Gasteiger partial charge on any atom is 0.237 e. The lowest BCUT2D eigenvalue weighted by Gasteiger charge is -2.39. The van der Waals surface area contributed by atoms with Crippen molar-refractivity contribution < 1.29 is 13.6 Å². The summed E-state index contributed by atoms with van der Waals surface area (Å²) >= 11 is 1.18. The van der Waals surface area contributed by atoms with E-state index >= 15 is 0 Å². The highest BCUT2D eigenvalue weighted by molar-refractivity contribution is 8.01. The van der Waals surface area contributed by atoms with Crippen LogP contribution in [0.4, 0.5) is 8.78 Å². The molecule has 2 aliphatic rings. The summed E-state index contributed by atoms with van der Waals surface area (Å²) < 4.78 is 29.3. The molecule has 2 atom stereocenters. The monoisotopic (exact) mass is 521 g/mol. The highest BCUT2D eigenvalue weighted by Crippen LogP contribution is 2.48. The first-order chi connectivity index (χ1) is 17.9. The van der Waals surface area contributed by atoms with Crippen LogP contribution in [0.15, 0.2) is 59.8 Å². The highest BCUT2D eigenvalue weighted by atomic mass is 32.2. The zero-order valence-electron chi connectivity index (χ0n) is 21.5. The SMILES string of the molecule is CNC1CCC(N(Cc2cc(-c3ccncc3)ccc2C)C(=O)C2Sc3c(F)ccc(F)c3C2C)CC1. The van der Waals surface area contributed by atoms with Crippen LogP contribution in [0, 0.1) is 18.6 Å². The van der Waals surface area contributed by atoms with Gasteiger partial charge in [0.05, 0.1) is 10.1 Å². The number of nitrogens with one attached hydrogen (secondary N) is 1. The molecule has 2 aromatic carbocycles. The number of fused-ring (bicyclic) bond motifs is 1. The van der Waals surface area contributed by atoms with Gasteiger partial charge in [-0.15, -0.1) is 11.8 Å². The van der Waals surface area contributed by atoms with Gasteiger partial charge in [0.25, 0.3) is 0 Å². The van der Waals surface area contributed by atoms with Gasteiger partial charge in [0.15, 0.2) is 0 Å². The van der Waals surface area contributed by atoms with Gasteiger partial charge in [-0.05, 0) is 92.2 Å². The summed E-state index contributed by atoms with van der Waals surface area (Å²) in [6.07, 6.45) is 7.36. The van der Waals surface area contributed by atoms with Crippen LogP contribution in [0.5, 0.6) is 0 Å². The zero-order valence-corrected chi connectivity index (χ0v) is 22.3. The third kappa shape index (κ3) is 5.16. The van der Waals surface area contributed by atoms with Gasteiger partial charge >= 0.3 is 0 Å². The third-order valence-corrected chi connectivity index (χ3v) is 9.54. The Morgan fingerprint density at radius 1 is 1.03 bits per heavy atom. The van der Waals surface area contributed by atoms with Gasteiger partial charge in [-0.25, -0.2) is 8.78 Å². The van der Waals surface area contributed by atoms with E-state index in [9.17, 15) is 13.6 Å². The molecule has 1 fully saturated rings. The molecule has 4 nitrogen and oxygen atoms in total. The molecule has 1 saturated carbocycles. The molecule has 0 radical (unpaired) electrons. The number of halogens is 2. The Balaban J connectivity index is 1.47. The summed E-state index contributed by atoms with van der Waals surface area (Å²) in [6.45, 7) is 4.39. The molecule has 2 unspecified atom stereocenters. The predicted octanol–water partition coefficient (Wildman–Crippen LogP) is 6.47. The van der Waals surface area contributed by atoms with Gasteiger partial charge in [0, 0.05) is 42.5 Å². The second-order valence-corrected chi connectivity index (χ2v) is 11.4. The predicted molar refractivity (Wildman–Crippen MR) is 144 cm³/mol. The van der Waals surface area contributed by atoms with E-state index in [1.807, 2.05) is 31.0 Å². The molecule has 37 heavy (non-hydrogen) atoms. The maximum atomic E-state index is 14.7. The molecular weight excluding hydrogens is 488 g/mol. The Morgan fingerprint density at radius 2 is 1.73 bits per heavy atom. The van der Waals surface area contributed by atoms with E-state index in [4.69, 9.17) is 0 Å². The molecule has 194 valence electrons. The summed E-state index contributed by atoms with van der Waals surface area (Å²) in [5.74, 6) is -1.32. The Hall–Kier alpha value is -2.77. The lowest BCUT2D eigenvalue weighted by Crippen LogP contribution is -2.47. The number of carbonyl (C=O) groups excluding carboxylic acids is 1. The number of carbonyl (C=O) groups is 1. The molecule has 0 bridgehead atoms. The molecule has 2 heterocycles. The molecule has 1 N–H and O–H groups in total. The van der Waals surface area contributed by atoms with E-state index in [1.165, 1.54) is 17.8 Å². The van der Waals surface area contributed by atoms with Crippen LogP contribution in [0.2, 0.25) is 0 Å². The molecule has 1 aliphatic heterocycles. The molecule has 1 amide bonds. The number of amides is 1. The Morgan fingerprint density at radius 3 is 2.41 bits per heavy atom. The van der Waals surface area contributed by atoms with Gasteiger partial charge < -0.3 is 10.2 Å². The summed E-state index contributed by atoms with van der Waals surface area (Å²) in [5.41, 5.74) is 4.69. The minimum Gasteiger partial charge on any atom is -0.334 e. The van der Waals surface area contributed by atoms with Crippen molar-refractivity contribution in [2.24, 2.45) is 0 Å². The second kappa shape index (κ2) is 10.9. The number of rotatable bonds is 6. The number of aromatic nitrogens is 1. The Kier molecular flexibility index (Phi) is 7.63. The lowest BCUT2D eigenvalue weighted by molar-refractivity contribution is -0.134. The standard InChI is InChI=1S/C30H33F2N3OS/c1-18-4-5-21(20-12-14-34-15-13-20)16-22(18)17-35(24-8-6-23(33-3)7-9-24)30(36)28-19(2)27-25(31)10-11-26(32)29(27)37-28/h4-5,10-16,19,23-24,28,33H,6-9,17H2,1-3H3. The fourth-order valence-corrected chi connectivity index (χ4v) is 7.13. The number of pyridine rings is 1. The van der Waals surface area contributed by atoms with Crippen LogP contribution in [-0.4, -0.2) is 40.2 Å². The number of nitrogens with zero attached hydrogens (tertiary/aromatic N) is 2. The van der Waals surface area contributed by atoms with E-state index < -0.39 is 22.8 Å². The van der Waals surface area contributed by atoms with Crippen molar-refractivity contribution >= 4 is 17.7 Å². The number of hydrogen-bond acceptors (Lipinski definition) is 4. The fraction of sp³-hybridized carbons (Fsp3) is 0.400. The van der Waals surface area contributed by atoms with Crippen molar-refractivity contribution in [3.63, 3.8) is 0 Å². The molecule has 3 aromatic rings. The molecule has 7 heteroatoms. The third-order valence-electron chi connectivity index (χ3n) is 8.02. The Labute approximate surface area is 221 Å². The molecule has 1 aromatic heterocycles. The smallest absolute Gasteiger partial charge is 0.237 e. The number of hydrogen-bond donors (Lipinski definition) is 1. The average molecular weight is 522 g/mol. The maximum absolute atomic E-state index is 14.7. The van der Waals surface area contributed by atoms with Crippen LogP contribution in [0.3, 0.4) is 0 Å². The number of benzene rings is 2. The van der Waals surface area contributed by atoms with Gasteiger partial charge in [0.2, 0.25) is 5.91 Å². The minimum atomic E-state index is -0.549. The number of aryl methyl sites for hydroxylation is 1. The summed E-state index contributed by atoms with van der Waals surface area (Å²) in [5, 5.41) is 2.82.